The van der Waals surface area contributed by atoms with Gasteiger partial charge in [-0.15, -0.1) is 5.10 Å². The molecule has 1 aromatic heterocycles. The Kier molecular flexibility index (Phi) is 5.35. The molecule has 0 saturated heterocycles. The lowest BCUT2D eigenvalue weighted by Gasteiger charge is -2.31. The van der Waals surface area contributed by atoms with Gasteiger partial charge in [0.25, 0.3) is 0 Å². The zero-order valence-corrected chi connectivity index (χ0v) is 13.1. The van der Waals surface area contributed by atoms with Gasteiger partial charge in [-0.2, -0.15) is 5.10 Å². The average Bonchev–Trinajstić information content (AvgIpc) is 2.42. The molecule has 2 rings (SSSR count). The number of ether oxygens (including phenoxy) is 1. The fraction of sp³-hybridized carbons (Fsp3) is 0.750. The van der Waals surface area contributed by atoms with Gasteiger partial charge in [-0.1, -0.05) is 27.7 Å². The highest BCUT2D eigenvalue weighted by molar-refractivity contribution is 5.12. The summed E-state index contributed by atoms with van der Waals surface area (Å²) in [6.07, 6.45) is 3.80. The molecule has 3 atom stereocenters. The van der Waals surface area contributed by atoms with E-state index in [4.69, 9.17) is 4.74 Å². The van der Waals surface area contributed by atoms with E-state index in [1.54, 1.807) is 0 Å². The molecule has 4 heteroatoms. The van der Waals surface area contributed by atoms with Crippen LogP contribution in [0.3, 0.4) is 0 Å². The summed E-state index contributed by atoms with van der Waals surface area (Å²) in [5.41, 5.74) is 0.955. The van der Waals surface area contributed by atoms with Crippen molar-refractivity contribution in [1.29, 1.82) is 0 Å². The molecule has 1 aromatic rings. The quantitative estimate of drug-likeness (QED) is 0.898. The van der Waals surface area contributed by atoms with Crippen molar-refractivity contribution < 1.29 is 4.74 Å². The molecule has 0 aliphatic heterocycles. The lowest BCUT2D eigenvalue weighted by atomic mass is 9.80. The zero-order chi connectivity index (χ0) is 14.5. The van der Waals surface area contributed by atoms with E-state index in [0.717, 1.165) is 36.9 Å². The van der Waals surface area contributed by atoms with Crippen LogP contribution in [0.4, 0.5) is 0 Å². The number of nitrogens with one attached hydrogen (secondary N) is 1. The third kappa shape index (κ3) is 4.44. The van der Waals surface area contributed by atoms with E-state index in [1.807, 2.05) is 12.1 Å². The smallest absolute Gasteiger partial charge is 0.233 e. The summed E-state index contributed by atoms with van der Waals surface area (Å²) in [5.74, 6) is 2.20. The monoisotopic (exact) mass is 277 g/mol. The Bertz CT molecular complexity index is 405. The first-order valence-corrected chi connectivity index (χ1v) is 7.77. The van der Waals surface area contributed by atoms with Crippen molar-refractivity contribution >= 4 is 0 Å². The first kappa shape index (κ1) is 15.2. The largest absolute Gasteiger partial charge is 0.473 e. The minimum Gasteiger partial charge on any atom is -0.473 e. The molecule has 0 amide bonds. The molecule has 0 bridgehead atoms. The molecule has 1 heterocycles. The first-order chi connectivity index (χ1) is 9.54. The highest BCUT2D eigenvalue weighted by atomic mass is 16.5. The maximum absolute atomic E-state index is 5.96. The van der Waals surface area contributed by atoms with Gasteiger partial charge in [-0.25, -0.2) is 0 Å². The van der Waals surface area contributed by atoms with Crippen molar-refractivity contribution in [3.05, 3.63) is 17.8 Å². The summed E-state index contributed by atoms with van der Waals surface area (Å²) in [7, 11) is 0. The molecule has 1 aliphatic rings. The molecule has 4 nitrogen and oxygen atoms in total. The van der Waals surface area contributed by atoms with Gasteiger partial charge >= 0.3 is 0 Å². The van der Waals surface area contributed by atoms with E-state index in [1.165, 1.54) is 6.42 Å². The minimum atomic E-state index is 0.301. The van der Waals surface area contributed by atoms with Crippen LogP contribution in [0.2, 0.25) is 0 Å². The second-order valence-electron chi connectivity index (χ2n) is 6.41. The van der Waals surface area contributed by atoms with E-state index >= 15 is 0 Å². The van der Waals surface area contributed by atoms with Crippen molar-refractivity contribution in [2.45, 2.75) is 65.6 Å². The van der Waals surface area contributed by atoms with Gasteiger partial charge in [-0.05, 0) is 37.2 Å². The SMILES string of the molecule is CC(C)NCc1ccc(OC2CCC(C)C(C)C2)nn1. The first-order valence-electron chi connectivity index (χ1n) is 7.77. The number of nitrogens with zero attached hydrogens (tertiary/aromatic N) is 2. The van der Waals surface area contributed by atoms with Crippen LogP contribution in [0, 0.1) is 11.8 Å². The lowest BCUT2D eigenvalue weighted by molar-refractivity contribution is 0.0954. The minimum absolute atomic E-state index is 0.301. The molecule has 0 spiro atoms. The van der Waals surface area contributed by atoms with Crippen LogP contribution >= 0.6 is 0 Å². The van der Waals surface area contributed by atoms with Crippen LogP contribution < -0.4 is 10.1 Å². The predicted molar refractivity (Wildman–Crippen MR) is 80.6 cm³/mol. The Morgan fingerprint density at radius 3 is 2.60 bits per heavy atom. The highest BCUT2D eigenvalue weighted by Crippen LogP contribution is 2.31. The van der Waals surface area contributed by atoms with Crippen molar-refractivity contribution in [3.63, 3.8) is 0 Å². The zero-order valence-electron chi connectivity index (χ0n) is 13.1. The molecule has 20 heavy (non-hydrogen) atoms. The van der Waals surface area contributed by atoms with Gasteiger partial charge in [0, 0.05) is 18.7 Å². The van der Waals surface area contributed by atoms with Crippen LogP contribution in [0.25, 0.3) is 0 Å². The Hall–Kier alpha value is -1.16. The maximum Gasteiger partial charge on any atom is 0.233 e. The van der Waals surface area contributed by atoms with Gasteiger partial charge in [-0.3, -0.25) is 0 Å². The molecule has 1 N–H and O–H groups in total. The molecule has 3 unspecified atom stereocenters. The number of hydrogen-bond acceptors (Lipinski definition) is 4. The standard InChI is InChI=1S/C16H27N3O/c1-11(2)17-10-14-6-8-16(19-18-14)20-15-7-5-12(3)13(4)9-15/h6,8,11-13,15,17H,5,7,9-10H2,1-4H3. The highest BCUT2D eigenvalue weighted by Gasteiger charge is 2.25. The Morgan fingerprint density at radius 2 is 2.00 bits per heavy atom. The second-order valence-corrected chi connectivity index (χ2v) is 6.41. The molecule has 112 valence electrons. The molecule has 1 aliphatic carbocycles. The number of hydrogen-bond donors (Lipinski definition) is 1. The van der Waals surface area contributed by atoms with Gasteiger partial charge < -0.3 is 10.1 Å². The van der Waals surface area contributed by atoms with Crippen LogP contribution in [0.1, 0.15) is 52.7 Å². The molecular formula is C16H27N3O. The molecule has 1 fully saturated rings. The van der Waals surface area contributed by atoms with Crippen molar-refractivity contribution in [3.8, 4) is 5.88 Å². The molecule has 0 aromatic carbocycles. The Balaban J connectivity index is 1.84. The van der Waals surface area contributed by atoms with E-state index in [0.29, 0.717) is 18.0 Å². The van der Waals surface area contributed by atoms with Crippen LogP contribution in [0.15, 0.2) is 12.1 Å². The summed E-state index contributed by atoms with van der Waals surface area (Å²) in [6.45, 7) is 9.64. The van der Waals surface area contributed by atoms with E-state index < -0.39 is 0 Å². The third-order valence-electron chi connectivity index (χ3n) is 4.22. The van der Waals surface area contributed by atoms with Crippen LogP contribution in [0.5, 0.6) is 5.88 Å². The summed E-state index contributed by atoms with van der Waals surface area (Å²) in [5, 5.41) is 11.7. The summed E-state index contributed by atoms with van der Waals surface area (Å²) < 4.78 is 5.96. The summed E-state index contributed by atoms with van der Waals surface area (Å²) >= 11 is 0. The maximum atomic E-state index is 5.96. The van der Waals surface area contributed by atoms with Gasteiger partial charge in [0.15, 0.2) is 0 Å². The fourth-order valence-electron chi connectivity index (χ4n) is 2.59. The van der Waals surface area contributed by atoms with Crippen LogP contribution in [-0.4, -0.2) is 22.3 Å². The van der Waals surface area contributed by atoms with Gasteiger partial charge in [0.1, 0.15) is 6.10 Å². The van der Waals surface area contributed by atoms with Crippen molar-refractivity contribution in [1.82, 2.24) is 15.5 Å². The normalized spacial score (nSPS) is 26.8. The van der Waals surface area contributed by atoms with Crippen LogP contribution in [-0.2, 0) is 6.54 Å². The Labute approximate surface area is 122 Å². The van der Waals surface area contributed by atoms with Gasteiger partial charge in [0.05, 0.1) is 5.69 Å². The van der Waals surface area contributed by atoms with Gasteiger partial charge in [0.2, 0.25) is 5.88 Å². The summed E-state index contributed by atoms with van der Waals surface area (Å²) in [6, 6.07) is 4.39. The second kappa shape index (κ2) is 7.02. The number of rotatable bonds is 5. The predicted octanol–water partition coefficient (Wildman–Crippen LogP) is 3.18. The average molecular weight is 277 g/mol. The van der Waals surface area contributed by atoms with Crippen molar-refractivity contribution in [2.24, 2.45) is 11.8 Å². The Morgan fingerprint density at radius 1 is 1.20 bits per heavy atom. The topological polar surface area (TPSA) is 47.0 Å². The summed E-state index contributed by atoms with van der Waals surface area (Å²) in [4.78, 5) is 0. The molecule has 1 saturated carbocycles. The molecular weight excluding hydrogens is 250 g/mol. The lowest BCUT2D eigenvalue weighted by Crippen LogP contribution is -2.29. The van der Waals surface area contributed by atoms with E-state index in [-0.39, 0.29) is 0 Å². The fourth-order valence-corrected chi connectivity index (χ4v) is 2.59. The van der Waals surface area contributed by atoms with Crippen molar-refractivity contribution in [2.75, 3.05) is 0 Å². The van der Waals surface area contributed by atoms with E-state index in [2.05, 4.69) is 43.2 Å². The van der Waals surface area contributed by atoms with E-state index in [9.17, 15) is 0 Å². The third-order valence-corrected chi connectivity index (χ3v) is 4.22. The molecule has 0 radical (unpaired) electrons. The number of aromatic nitrogens is 2.